The second-order valence-electron chi connectivity index (χ2n) is 23.7. The number of methoxy groups -OCH3 is 2. The van der Waals surface area contributed by atoms with Gasteiger partial charge < -0.3 is 40.0 Å². The van der Waals surface area contributed by atoms with Gasteiger partial charge in [-0.1, -0.05) is 265 Å². The average Bonchev–Trinajstić information content (AvgIpc) is 3.43. The van der Waals surface area contributed by atoms with Crippen LogP contribution in [0.5, 0.6) is 0 Å². The number of amides is 3. The maximum absolute atomic E-state index is 12.7. The second-order valence-corrected chi connectivity index (χ2v) is 23.7. The first-order chi connectivity index (χ1) is 38.1. The molecular formula is C67H135N3O8. The number of hydrogen-bond acceptors (Lipinski definition) is 8. The Hall–Kier alpha value is -1.79. The number of ether oxygens (including phenoxy) is 3. The van der Waals surface area contributed by atoms with Gasteiger partial charge in [0, 0.05) is 79.5 Å². The van der Waals surface area contributed by atoms with Gasteiger partial charge in [-0.2, -0.15) is 0 Å². The Bertz CT molecular complexity index is 1170. The molecule has 4 N–H and O–H groups in total. The largest absolute Gasteiger partial charge is 0.395 e. The van der Waals surface area contributed by atoms with Gasteiger partial charge in [0.2, 0.25) is 17.7 Å². The molecule has 3 atom stereocenters. The zero-order valence-corrected chi connectivity index (χ0v) is 52.9. The van der Waals surface area contributed by atoms with Crippen molar-refractivity contribution in [1.82, 2.24) is 15.5 Å². The summed E-state index contributed by atoms with van der Waals surface area (Å²) in [6, 6.07) is 0. The average molecular weight is 1110 g/mol. The molecule has 0 aromatic rings. The number of unbranched alkanes of at least 4 members (excludes halogenated alkanes) is 32. The van der Waals surface area contributed by atoms with Crippen LogP contribution >= 0.6 is 0 Å². The molecule has 0 radical (unpaired) electrons. The fourth-order valence-corrected chi connectivity index (χ4v) is 10.4. The van der Waals surface area contributed by atoms with E-state index in [4.69, 9.17) is 14.2 Å². The summed E-state index contributed by atoms with van der Waals surface area (Å²) >= 11 is 0. The van der Waals surface area contributed by atoms with Crippen molar-refractivity contribution in [1.29, 1.82) is 0 Å². The van der Waals surface area contributed by atoms with Crippen molar-refractivity contribution in [2.45, 2.75) is 329 Å². The van der Waals surface area contributed by atoms with Crippen molar-refractivity contribution in [3.05, 3.63) is 0 Å². The highest BCUT2D eigenvalue weighted by molar-refractivity contribution is 5.76. The van der Waals surface area contributed by atoms with Crippen LogP contribution in [0.4, 0.5) is 0 Å². The molecule has 78 heavy (non-hydrogen) atoms. The summed E-state index contributed by atoms with van der Waals surface area (Å²) in [7, 11) is 3.38. The van der Waals surface area contributed by atoms with Crippen molar-refractivity contribution < 1.29 is 38.8 Å². The molecule has 0 aliphatic carbocycles. The Morgan fingerprint density at radius 2 is 0.744 bits per heavy atom. The zero-order valence-electron chi connectivity index (χ0n) is 52.9. The van der Waals surface area contributed by atoms with E-state index in [9.17, 15) is 24.6 Å². The van der Waals surface area contributed by atoms with Crippen molar-refractivity contribution in [3.8, 4) is 0 Å². The molecule has 0 saturated heterocycles. The Kier molecular flexibility index (Phi) is 66.2. The van der Waals surface area contributed by atoms with Gasteiger partial charge >= 0.3 is 0 Å². The van der Waals surface area contributed by atoms with E-state index >= 15 is 0 Å². The monoisotopic (exact) mass is 1110 g/mol. The van der Waals surface area contributed by atoms with Gasteiger partial charge in [-0.15, -0.1) is 0 Å². The van der Waals surface area contributed by atoms with Gasteiger partial charge in [-0.05, 0) is 50.4 Å². The van der Waals surface area contributed by atoms with Crippen LogP contribution < -0.4 is 10.6 Å². The van der Waals surface area contributed by atoms with Crippen LogP contribution in [0.1, 0.15) is 323 Å². The lowest BCUT2D eigenvalue weighted by Crippen LogP contribution is -2.40. The molecule has 0 rings (SSSR count). The van der Waals surface area contributed by atoms with Crippen LogP contribution in [0, 0.1) is 11.8 Å². The van der Waals surface area contributed by atoms with Crippen molar-refractivity contribution in [2.75, 3.05) is 73.4 Å². The third-order valence-electron chi connectivity index (χ3n) is 15.6. The molecule has 0 aromatic carbocycles. The van der Waals surface area contributed by atoms with Crippen LogP contribution in [0.2, 0.25) is 0 Å². The van der Waals surface area contributed by atoms with Crippen molar-refractivity contribution in [3.63, 3.8) is 0 Å². The maximum atomic E-state index is 12.7. The zero-order chi connectivity index (χ0) is 57.5. The maximum Gasteiger partial charge on any atom is 0.222 e. The van der Waals surface area contributed by atoms with E-state index < -0.39 is 6.10 Å². The molecule has 0 fully saturated rings. The summed E-state index contributed by atoms with van der Waals surface area (Å²) in [5.74, 6) is 2.05. The van der Waals surface area contributed by atoms with E-state index in [-0.39, 0.29) is 44.0 Å². The number of aliphatic hydroxyl groups excluding tert-OH is 2. The molecule has 3 unspecified atom stereocenters. The van der Waals surface area contributed by atoms with Gasteiger partial charge in [0.1, 0.15) is 0 Å². The highest BCUT2D eigenvalue weighted by Crippen LogP contribution is 2.22. The Balaban J connectivity index is 0. The molecule has 0 heterocycles. The second kappa shape index (κ2) is 66.0. The predicted molar refractivity (Wildman–Crippen MR) is 332 cm³/mol. The number of carbonyl (C=O) groups excluding carboxylic acids is 3. The molecule has 11 nitrogen and oxygen atoms in total. The molecule has 0 aliphatic heterocycles. The molecule has 3 amide bonds. The van der Waals surface area contributed by atoms with E-state index in [1.165, 1.54) is 218 Å². The molecule has 0 bridgehead atoms. The van der Waals surface area contributed by atoms with Crippen LogP contribution in [-0.2, 0) is 28.6 Å². The molecular weight excluding hydrogens is 975 g/mol. The summed E-state index contributed by atoms with van der Waals surface area (Å²) in [6.45, 7) is 13.6. The van der Waals surface area contributed by atoms with Crippen molar-refractivity contribution in [2.24, 2.45) is 11.8 Å². The third-order valence-corrected chi connectivity index (χ3v) is 15.6. The van der Waals surface area contributed by atoms with Crippen molar-refractivity contribution >= 4 is 17.7 Å². The van der Waals surface area contributed by atoms with E-state index in [1.54, 1.807) is 19.1 Å². The number of carbonyl (C=O) groups is 3. The summed E-state index contributed by atoms with van der Waals surface area (Å²) in [5.41, 5.74) is 0. The number of aliphatic hydroxyl groups is 2. The minimum absolute atomic E-state index is 0.0400. The topological polar surface area (TPSA) is 147 Å². The number of rotatable bonds is 62. The van der Waals surface area contributed by atoms with Crippen LogP contribution in [-0.4, -0.2) is 112 Å². The van der Waals surface area contributed by atoms with Crippen LogP contribution in [0.3, 0.4) is 0 Å². The Morgan fingerprint density at radius 1 is 0.423 bits per heavy atom. The van der Waals surface area contributed by atoms with E-state index in [2.05, 4.69) is 38.3 Å². The molecule has 11 heteroatoms. The summed E-state index contributed by atoms with van der Waals surface area (Å²) in [4.78, 5) is 37.7. The van der Waals surface area contributed by atoms with E-state index in [0.29, 0.717) is 39.1 Å². The first-order valence-electron chi connectivity index (χ1n) is 33.8. The molecule has 0 spiro atoms. The fraction of sp³-hybridized carbons (Fsp3) is 0.955. The van der Waals surface area contributed by atoms with Gasteiger partial charge in [-0.25, -0.2) is 0 Å². The van der Waals surface area contributed by atoms with Gasteiger partial charge in [0.15, 0.2) is 0 Å². The minimum atomic E-state index is -0.696. The van der Waals surface area contributed by atoms with Gasteiger partial charge in [-0.3, -0.25) is 14.4 Å². The molecule has 466 valence electrons. The standard InChI is InChI=1S/C37H75NO4.C30H60N2O4/c1-3-5-7-9-11-13-15-17-19-21-23-25-27-29-33-42-35-36(40)34-38(31-32-39)37(41)30-28-26-24-22-20-18-16-14-12-10-8-6-4-2;1-27(17-9-5-7-11-21-29(33)31-23-15-25-35-3)19-13-14-20-28(2)18-10-6-8-12-22-30(34)32-24-16-26-36-4/h36,39-40H,3-35H2,1-2H3;27-28H,5-26H2,1-4H3,(H,31,33)(H,32,34). The van der Waals surface area contributed by atoms with Crippen LogP contribution in [0.25, 0.3) is 0 Å². The Morgan fingerprint density at radius 3 is 1.10 bits per heavy atom. The first kappa shape index (κ1) is 78.3. The summed E-state index contributed by atoms with van der Waals surface area (Å²) < 4.78 is 15.7. The first-order valence-corrected chi connectivity index (χ1v) is 33.8. The lowest BCUT2D eigenvalue weighted by Gasteiger charge is -2.24. The smallest absolute Gasteiger partial charge is 0.222 e. The van der Waals surface area contributed by atoms with Gasteiger partial charge in [0.05, 0.1) is 19.3 Å². The SMILES string of the molecule is CCCCCCCCCCCCCCCCOCC(O)CN(CCO)C(=O)CCCCCCCCCCCCCCC.COCCCNC(=O)CCCCCCC(C)CCCCC(C)CCCCCCC(=O)NCCCOC. The number of nitrogens with zero attached hydrogens (tertiary/aromatic N) is 1. The summed E-state index contributed by atoms with van der Waals surface area (Å²) in [5, 5.41) is 25.7. The quantitative estimate of drug-likeness (QED) is 0.0440. The predicted octanol–water partition coefficient (Wildman–Crippen LogP) is 17.0. The minimum Gasteiger partial charge on any atom is -0.395 e. The molecule has 0 aliphatic rings. The normalized spacial score (nSPS) is 12.5. The Labute approximate surface area is 484 Å². The van der Waals surface area contributed by atoms with Gasteiger partial charge in [0.25, 0.3) is 0 Å². The summed E-state index contributed by atoms with van der Waals surface area (Å²) in [6.07, 6.45) is 55.9. The number of hydrogen-bond donors (Lipinski definition) is 4. The lowest BCUT2D eigenvalue weighted by atomic mass is 9.93. The third kappa shape index (κ3) is 63.4. The lowest BCUT2D eigenvalue weighted by molar-refractivity contribution is -0.134. The highest BCUT2D eigenvalue weighted by atomic mass is 16.5. The fourth-order valence-electron chi connectivity index (χ4n) is 10.4. The highest BCUT2D eigenvalue weighted by Gasteiger charge is 2.17. The number of nitrogens with one attached hydrogen (secondary N) is 2. The molecule has 0 aromatic heterocycles. The van der Waals surface area contributed by atoms with E-state index in [0.717, 1.165) is 82.7 Å². The van der Waals surface area contributed by atoms with Crippen LogP contribution in [0.15, 0.2) is 0 Å². The van der Waals surface area contributed by atoms with E-state index in [1.807, 2.05) is 0 Å². The molecule has 0 saturated carbocycles.